The SMILES string of the molecule is Cc1cc(NC(=O)N2[C@@H]3CC[C@H]2c2ccnc(F)c2C3)ccc1C(F)(F)F. The van der Waals surface area contributed by atoms with Gasteiger partial charge < -0.3 is 10.2 Å². The number of rotatable bonds is 1. The molecule has 4 nitrogen and oxygen atoms in total. The van der Waals surface area contributed by atoms with E-state index in [1.807, 2.05) is 0 Å². The van der Waals surface area contributed by atoms with E-state index < -0.39 is 17.7 Å². The van der Waals surface area contributed by atoms with Crippen molar-refractivity contribution in [3.8, 4) is 0 Å². The number of carbonyl (C=O) groups excluding carboxylic acids is 1. The maximum absolute atomic E-state index is 14.0. The van der Waals surface area contributed by atoms with Crippen molar-refractivity contribution in [1.29, 1.82) is 0 Å². The summed E-state index contributed by atoms with van der Waals surface area (Å²) in [5.74, 6) is -0.497. The molecule has 0 unspecified atom stereocenters. The average molecular weight is 379 g/mol. The molecule has 1 aromatic heterocycles. The van der Waals surface area contributed by atoms with E-state index in [-0.39, 0.29) is 23.7 Å². The lowest BCUT2D eigenvalue weighted by molar-refractivity contribution is -0.138. The number of pyridine rings is 1. The summed E-state index contributed by atoms with van der Waals surface area (Å²) in [4.78, 5) is 18.2. The molecule has 1 saturated heterocycles. The normalized spacial score (nSPS) is 21.1. The van der Waals surface area contributed by atoms with Crippen molar-refractivity contribution >= 4 is 11.7 Å². The van der Waals surface area contributed by atoms with Gasteiger partial charge in [-0.25, -0.2) is 9.78 Å². The van der Waals surface area contributed by atoms with Gasteiger partial charge in [0.25, 0.3) is 0 Å². The predicted octanol–water partition coefficient (Wildman–Crippen LogP) is 4.84. The van der Waals surface area contributed by atoms with E-state index in [1.165, 1.54) is 25.3 Å². The molecular formula is C19H17F4N3O. The first-order valence-corrected chi connectivity index (χ1v) is 8.66. The van der Waals surface area contributed by atoms with Crippen LogP contribution in [0.1, 0.15) is 41.1 Å². The number of hydrogen-bond acceptors (Lipinski definition) is 2. The van der Waals surface area contributed by atoms with E-state index in [1.54, 1.807) is 11.0 Å². The summed E-state index contributed by atoms with van der Waals surface area (Å²) in [6, 6.07) is 4.48. The Morgan fingerprint density at radius 2 is 2.04 bits per heavy atom. The molecule has 0 spiro atoms. The molecule has 3 heterocycles. The minimum atomic E-state index is -4.43. The molecule has 2 bridgehead atoms. The molecule has 8 heteroatoms. The van der Waals surface area contributed by atoms with Crippen LogP contribution in [0.2, 0.25) is 0 Å². The molecule has 27 heavy (non-hydrogen) atoms. The van der Waals surface area contributed by atoms with E-state index in [4.69, 9.17) is 0 Å². The molecule has 0 saturated carbocycles. The van der Waals surface area contributed by atoms with Gasteiger partial charge in [-0.2, -0.15) is 17.6 Å². The zero-order valence-electron chi connectivity index (χ0n) is 14.5. The fourth-order valence-corrected chi connectivity index (χ4v) is 4.17. The highest BCUT2D eigenvalue weighted by atomic mass is 19.4. The molecule has 1 N–H and O–H groups in total. The van der Waals surface area contributed by atoms with E-state index in [0.29, 0.717) is 17.7 Å². The number of aryl methyl sites for hydroxylation is 1. The Balaban J connectivity index is 1.57. The van der Waals surface area contributed by atoms with E-state index in [2.05, 4.69) is 10.3 Å². The molecule has 1 aromatic carbocycles. The van der Waals surface area contributed by atoms with Crippen molar-refractivity contribution < 1.29 is 22.4 Å². The fraction of sp³-hybridized carbons (Fsp3) is 0.368. The number of amides is 2. The largest absolute Gasteiger partial charge is 0.416 e. The Morgan fingerprint density at radius 3 is 2.74 bits per heavy atom. The molecule has 0 aliphatic carbocycles. The van der Waals surface area contributed by atoms with Crippen LogP contribution in [-0.2, 0) is 12.6 Å². The van der Waals surface area contributed by atoms with Crippen LogP contribution >= 0.6 is 0 Å². The maximum atomic E-state index is 14.0. The van der Waals surface area contributed by atoms with Crippen molar-refractivity contribution in [3.05, 3.63) is 58.7 Å². The zero-order chi connectivity index (χ0) is 19.3. The summed E-state index contributed by atoms with van der Waals surface area (Å²) in [6.07, 6.45) is -1.17. The van der Waals surface area contributed by atoms with Crippen LogP contribution in [0, 0.1) is 12.9 Å². The molecule has 2 amide bonds. The highest BCUT2D eigenvalue weighted by Crippen LogP contribution is 2.44. The maximum Gasteiger partial charge on any atom is 0.416 e. The minimum absolute atomic E-state index is 0.0420. The Bertz CT molecular complexity index is 912. The van der Waals surface area contributed by atoms with Gasteiger partial charge in [0.15, 0.2) is 0 Å². The van der Waals surface area contributed by atoms with E-state index in [0.717, 1.165) is 24.5 Å². The van der Waals surface area contributed by atoms with Gasteiger partial charge >= 0.3 is 12.2 Å². The number of alkyl halides is 3. The number of fused-ring (bicyclic) bond motifs is 4. The Labute approximate surface area is 153 Å². The number of anilines is 1. The highest BCUT2D eigenvalue weighted by molar-refractivity contribution is 5.90. The lowest BCUT2D eigenvalue weighted by Gasteiger charge is -2.36. The first-order valence-electron chi connectivity index (χ1n) is 8.66. The van der Waals surface area contributed by atoms with Crippen LogP contribution in [0.4, 0.5) is 28.0 Å². The molecule has 0 radical (unpaired) electrons. The predicted molar refractivity (Wildman–Crippen MR) is 90.7 cm³/mol. The molecular weight excluding hydrogens is 362 g/mol. The molecule has 142 valence electrons. The molecule has 2 aliphatic rings. The van der Waals surface area contributed by atoms with Crippen molar-refractivity contribution in [2.24, 2.45) is 0 Å². The minimum Gasteiger partial charge on any atom is -0.314 e. The Kier molecular flexibility index (Phi) is 4.09. The average Bonchev–Trinajstić information content (AvgIpc) is 2.90. The number of aromatic nitrogens is 1. The zero-order valence-corrected chi connectivity index (χ0v) is 14.5. The first kappa shape index (κ1) is 17.8. The monoisotopic (exact) mass is 379 g/mol. The van der Waals surface area contributed by atoms with Crippen LogP contribution in [-0.4, -0.2) is 22.0 Å². The van der Waals surface area contributed by atoms with Crippen molar-refractivity contribution in [1.82, 2.24) is 9.88 Å². The van der Waals surface area contributed by atoms with Crippen molar-refractivity contribution in [2.75, 3.05) is 5.32 Å². The van der Waals surface area contributed by atoms with Gasteiger partial charge in [0.05, 0.1) is 11.6 Å². The standard InChI is InChI=1S/C19H17F4N3O/c1-10-8-11(2-4-15(10)19(21,22)23)25-18(27)26-12-3-5-16(26)13-6-7-24-17(20)14(13)9-12/h2,4,6-8,12,16H,3,5,9H2,1H3,(H,25,27)/t12-,16+/m1/s1. The lowest BCUT2D eigenvalue weighted by Crippen LogP contribution is -2.44. The van der Waals surface area contributed by atoms with Crippen LogP contribution in [0.5, 0.6) is 0 Å². The second-order valence-corrected chi connectivity index (χ2v) is 6.99. The van der Waals surface area contributed by atoms with Crippen molar-refractivity contribution in [3.63, 3.8) is 0 Å². The topological polar surface area (TPSA) is 45.2 Å². The molecule has 2 atom stereocenters. The van der Waals surface area contributed by atoms with Gasteiger partial charge in [-0.05, 0) is 61.6 Å². The Hall–Kier alpha value is -2.64. The third-order valence-corrected chi connectivity index (χ3v) is 5.36. The molecule has 2 aliphatic heterocycles. The summed E-state index contributed by atoms with van der Waals surface area (Å²) in [6.45, 7) is 1.36. The number of nitrogens with zero attached hydrogens (tertiary/aromatic N) is 2. The third-order valence-electron chi connectivity index (χ3n) is 5.36. The summed E-state index contributed by atoms with van der Waals surface area (Å²) >= 11 is 0. The van der Waals surface area contributed by atoms with Gasteiger partial charge in [-0.1, -0.05) is 0 Å². The lowest BCUT2D eigenvalue weighted by atomic mass is 9.95. The Morgan fingerprint density at radius 1 is 1.26 bits per heavy atom. The summed E-state index contributed by atoms with van der Waals surface area (Å²) in [5.41, 5.74) is 0.932. The third kappa shape index (κ3) is 3.02. The van der Waals surface area contributed by atoms with E-state index in [9.17, 15) is 22.4 Å². The van der Waals surface area contributed by atoms with Crippen LogP contribution in [0.3, 0.4) is 0 Å². The number of hydrogen-bond donors (Lipinski definition) is 1. The van der Waals surface area contributed by atoms with E-state index >= 15 is 0 Å². The fourth-order valence-electron chi connectivity index (χ4n) is 4.17. The second kappa shape index (κ2) is 6.21. The smallest absolute Gasteiger partial charge is 0.314 e. The van der Waals surface area contributed by atoms with Crippen LogP contribution < -0.4 is 5.32 Å². The summed E-state index contributed by atoms with van der Waals surface area (Å²) in [7, 11) is 0. The highest BCUT2D eigenvalue weighted by Gasteiger charge is 2.43. The van der Waals surface area contributed by atoms with Gasteiger partial charge in [-0.3, -0.25) is 0 Å². The molecule has 1 fully saturated rings. The summed E-state index contributed by atoms with van der Waals surface area (Å²) < 4.78 is 52.6. The number of halogens is 4. The van der Waals surface area contributed by atoms with Crippen molar-refractivity contribution in [2.45, 2.75) is 44.4 Å². The first-order chi connectivity index (χ1) is 12.8. The number of benzene rings is 1. The van der Waals surface area contributed by atoms with Gasteiger partial charge in [0.2, 0.25) is 5.95 Å². The number of carbonyl (C=O) groups is 1. The quantitative estimate of drug-likeness (QED) is 0.569. The molecule has 2 aromatic rings. The van der Waals surface area contributed by atoms with Crippen LogP contribution in [0.25, 0.3) is 0 Å². The van der Waals surface area contributed by atoms with Gasteiger partial charge in [0, 0.05) is 23.5 Å². The second-order valence-electron chi connectivity index (χ2n) is 6.99. The molecule has 4 rings (SSSR count). The van der Waals surface area contributed by atoms with Gasteiger partial charge in [0.1, 0.15) is 0 Å². The summed E-state index contributed by atoms with van der Waals surface area (Å²) in [5, 5.41) is 2.69. The number of nitrogens with one attached hydrogen (secondary N) is 1. The van der Waals surface area contributed by atoms with Gasteiger partial charge in [-0.15, -0.1) is 0 Å². The number of urea groups is 1. The van der Waals surface area contributed by atoms with Crippen LogP contribution in [0.15, 0.2) is 30.5 Å².